The highest BCUT2D eigenvalue weighted by atomic mass is 35.5. The van der Waals surface area contributed by atoms with Crippen LogP contribution in [-0.2, 0) is 0 Å². The number of aromatic nitrogens is 1. The second kappa shape index (κ2) is 6.88. The van der Waals surface area contributed by atoms with Crippen LogP contribution in [0, 0.1) is 0 Å². The van der Waals surface area contributed by atoms with E-state index in [4.69, 9.17) is 0 Å². The zero-order valence-electron chi connectivity index (χ0n) is 11.1. The van der Waals surface area contributed by atoms with Crippen LogP contribution in [0.2, 0.25) is 0 Å². The van der Waals surface area contributed by atoms with Crippen molar-refractivity contribution in [2.24, 2.45) is 0 Å². The van der Waals surface area contributed by atoms with Crippen LogP contribution in [0.1, 0.15) is 10.5 Å². The molecule has 20 heavy (non-hydrogen) atoms. The van der Waals surface area contributed by atoms with Gasteiger partial charge in [0.25, 0.3) is 5.91 Å². The number of nitrogens with zero attached hydrogens (tertiary/aromatic N) is 2. The van der Waals surface area contributed by atoms with E-state index < -0.39 is 0 Å². The van der Waals surface area contributed by atoms with Crippen molar-refractivity contribution in [2.45, 2.75) is 6.04 Å². The molecule has 1 aliphatic heterocycles. The van der Waals surface area contributed by atoms with Gasteiger partial charge in [-0.3, -0.25) is 9.78 Å². The highest BCUT2D eigenvalue weighted by molar-refractivity contribution is 6.05. The molecule has 0 atom stereocenters. The molecule has 2 heterocycles. The number of likely N-dealkylation sites (N-methyl/N-ethyl adjacent to an activating group) is 1. The summed E-state index contributed by atoms with van der Waals surface area (Å²) in [6, 6.07) is 10.1. The molecule has 1 aromatic heterocycles. The average molecular weight is 314 g/mol. The molecule has 0 saturated carbocycles. The van der Waals surface area contributed by atoms with E-state index in [1.807, 2.05) is 37.4 Å². The van der Waals surface area contributed by atoms with Crippen molar-refractivity contribution < 1.29 is 4.79 Å². The van der Waals surface area contributed by atoms with E-state index in [-0.39, 0.29) is 30.7 Å². The van der Waals surface area contributed by atoms with E-state index in [9.17, 15) is 4.79 Å². The summed E-state index contributed by atoms with van der Waals surface area (Å²) < 4.78 is 0. The van der Waals surface area contributed by atoms with Crippen LogP contribution in [0.15, 0.2) is 36.5 Å². The normalized spacial score (nSPS) is 13.8. The van der Waals surface area contributed by atoms with Crippen molar-refractivity contribution in [1.82, 2.24) is 15.2 Å². The lowest BCUT2D eigenvalue weighted by Crippen LogP contribution is -2.57. The van der Waals surface area contributed by atoms with Gasteiger partial charge in [-0.15, -0.1) is 24.8 Å². The number of pyridine rings is 1. The van der Waals surface area contributed by atoms with Crippen LogP contribution in [0.4, 0.5) is 0 Å². The van der Waals surface area contributed by atoms with E-state index in [1.54, 1.807) is 11.1 Å². The first kappa shape index (κ1) is 16.7. The van der Waals surface area contributed by atoms with Crippen molar-refractivity contribution in [3.05, 3.63) is 42.2 Å². The predicted molar refractivity (Wildman–Crippen MR) is 85.0 cm³/mol. The zero-order chi connectivity index (χ0) is 12.5. The lowest BCUT2D eigenvalue weighted by Gasteiger charge is -2.35. The quantitative estimate of drug-likeness (QED) is 0.923. The first-order chi connectivity index (χ1) is 8.77. The Balaban J connectivity index is 0.000001000. The Morgan fingerprint density at radius 3 is 2.60 bits per heavy atom. The minimum atomic E-state index is -0.00157. The van der Waals surface area contributed by atoms with Crippen LogP contribution in [0.5, 0.6) is 0 Å². The van der Waals surface area contributed by atoms with Gasteiger partial charge >= 0.3 is 0 Å². The molecular formula is C14H17Cl2N3O. The van der Waals surface area contributed by atoms with E-state index in [1.165, 1.54) is 0 Å². The number of halogens is 2. The number of carbonyl (C=O) groups excluding carboxylic acids is 1. The van der Waals surface area contributed by atoms with E-state index >= 15 is 0 Å². The molecule has 1 N–H and O–H groups in total. The second-order valence-electron chi connectivity index (χ2n) is 4.61. The van der Waals surface area contributed by atoms with Crippen LogP contribution in [0.3, 0.4) is 0 Å². The van der Waals surface area contributed by atoms with Crippen LogP contribution in [0.25, 0.3) is 10.8 Å². The molecule has 0 spiro atoms. The smallest absolute Gasteiger partial charge is 0.273 e. The fraction of sp³-hybridized carbons (Fsp3) is 0.286. The van der Waals surface area contributed by atoms with Crippen LogP contribution in [-0.4, -0.2) is 42.0 Å². The molecule has 0 radical (unpaired) electrons. The summed E-state index contributed by atoms with van der Waals surface area (Å²) in [5.41, 5.74) is 0.544. The molecule has 3 rings (SSSR count). The fourth-order valence-corrected chi connectivity index (χ4v) is 2.17. The molecule has 6 heteroatoms. The minimum Gasteiger partial charge on any atom is -0.335 e. The minimum absolute atomic E-state index is 0. The Kier molecular flexibility index (Phi) is 5.74. The number of benzene rings is 1. The van der Waals surface area contributed by atoms with Gasteiger partial charge in [-0.1, -0.05) is 24.3 Å². The molecular weight excluding hydrogens is 297 g/mol. The topological polar surface area (TPSA) is 45.2 Å². The van der Waals surface area contributed by atoms with E-state index in [0.29, 0.717) is 11.7 Å². The molecule has 0 aliphatic carbocycles. The van der Waals surface area contributed by atoms with E-state index in [0.717, 1.165) is 23.9 Å². The van der Waals surface area contributed by atoms with Crippen LogP contribution < -0.4 is 5.32 Å². The van der Waals surface area contributed by atoms with Crippen LogP contribution >= 0.6 is 24.8 Å². The summed E-state index contributed by atoms with van der Waals surface area (Å²) in [5, 5.41) is 5.14. The Hall–Kier alpha value is -1.36. The molecule has 1 aromatic carbocycles. The summed E-state index contributed by atoms with van der Waals surface area (Å²) in [5.74, 6) is -0.00157. The van der Waals surface area contributed by atoms with Gasteiger partial charge < -0.3 is 10.2 Å². The molecule has 1 amide bonds. The maximum absolute atomic E-state index is 12.4. The fourth-order valence-electron chi connectivity index (χ4n) is 2.17. The standard InChI is InChI=1S/C14H15N3O.2ClH/c1-17(11-8-15-9-11)14(18)13-12-5-3-2-4-10(12)6-7-16-13;;/h2-7,11,15H,8-9H2,1H3;2*1H. The maximum Gasteiger partial charge on any atom is 0.273 e. The number of nitrogens with one attached hydrogen (secondary N) is 1. The van der Waals surface area contributed by atoms with Gasteiger partial charge in [0.1, 0.15) is 5.69 Å². The number of hydrogen-bond donors (Lipinski definition) is 1. The number of rotatable bonds is 2. The Bertz CT molecular complexity index is 596. The number of amides is 1. The molecule has 4 nitrogen and oxygen atoms in total. The van der Waals surface area contributed by atoms with Gasteiger partial charge in [-0.2, -0.15) is 0 Å². The lowest BCUT2D eigenvalue weighted by molar-refractivity contribution is 0.0677. The predicted octanol–water partition coefficient (Wildman–Crippen LogP) is 2.12. The highest BCUT2D eigenvalue weighted by Gasteiger charge is 2.27. The van der Waals surface area contributed by atoms with Gasteiger partial charge in [-0.25, -0.2) is 0 Å². The highest BCUT2D eigenvalue weighted by Crippen LogP contribution is 2.18. The summed E-state index contributed by atoms with van der Waals surface area (Å²) in [4.78, 5) is 18.5. The van der Waals surface area contributed by atoms with E-state index in [2.05, 4.69) is 10.3 Å². The number of carbonyl (C=O) groups is 1. The molecule has 1 fully saturated rings. The largest absolute Gasteiger partial charge is 0.335 e. The summed E-state index contributed by atoms with van der Waals surface area (Å²) in [6.45, 7) is 1.74. The first-order valence-electron chi connectivity index (χ1n) is 6.09. The first-order valence-corrected chi connectivity index (χ1v) is 6.09. The lowest BCUT2D eigenvalue weighted by atomic mass is 10.1. The summed E-state index contributed by atoms with van der Waals surface area (Å²) in [6.07, 6.45) is 1.70. The molecule has 0 unspecified atom stereocenters. The van der Waals surface area contributed by atoms with Crippen molar-refractivity contribution in [3.63, 3.8) is 0 Å². The average Bonchev–Trinajstić information content (AvgIpc) is 2.35. The molecule has 108 valence electrons. The molecule has 1 saturated heterocycles. The summed E-state index contributed by atoms with van der Waals surface area (Å²) in [7, 11) is 1.84. The van der Waals surface area contributed by atoms with Crippen molar-refractivity contribution >= 4 is 41.5 Å². The van der Waals surface area contributed by atoms with Gasteiger partial charge in [0.2, 0.25) is 0 Å². The van der Waals surface area contributed by atoms with Gasteiger partial charge in [0.05, 0.1) is 6.04 Å². The Morgan fingerprint density at radius 2 is 1.95 bits per heavy atom. The van der Waals surface area contributed by atoms with Gasteiger partial charge in [0.15, 0.2) is 0 Å². The summed E-state index contributed by atoms with van der Waals surface area (Å²) >= 11 is 0. The number of hydrogen-bond acceptors (Lipinski definition) is 3. The zero-order valence-corrected chi connectivity index (χ0v) is 12.7. The van der Waals surface area contributed by atoms with Gasteiger partial charge in [-0.05, 0) is 11.5 Å². The monoisotopic (exact) mass is 313 g/mol. The molecule has 2 aromatic rings. The van der Waals surface area contributed by atoms with Gasteiger partial charge in [0, 0.05) is 31.7 Å². The molecule has 1 aliphatic rings. The SMILES string of the molecule is CN(C(=O)c1nccc2ccccc12)C1CNC1.Cl.Cl. The second-order valence-corrected chi connectivity index (χ2v) is 4.61. The Morgan fingerprint density at radius 1 is 1.25 bits per heavy atom. The third-order valence-electron chi connectivity index (χ3n) is 3.50. The number of fused-ring (bicyclic) bond motifs is 1. The Labute approximate surface area is 130 Å². The third-order valence-corrected chi connectivity index (χ3v) is 3.50. The van der Waals surface area contributed by atoms with Crippen molar-refractivity contribution in [1.29, 1.82) is 0 Å². The van der Waals surface area contributed by atoms with Crippen molar-refractivity contribution in [3.8, 4) is 0 Å². The molecule has 0 bridgehead atoms. The maximum atomic E-state index is 12.4. The third kappa shape index (κ3) is 2.87. The van der Waals surface area contributed by atoms with Crippen molar-refractivity contribution in [2.75, 3.05) is 20.1 Å².